The van der Waals surface area contributed by atoms with E-state index in [0.717, 1.165) is 5.52 Å². The minimum absolute atomic E-state index is 0.0156. The molecule has 0 spiro atoms. The molecule has 3 rings (SSSR count). The number of primary amides is 1. The van der Waals surface area contributed by atoms with Gasteiger partial charge < -0.3 is 14.9 Å². The molecule has 0 radical (unpaired) electrons. The monoisotopic (exact) mass is 365 g/mol. The number of esters is 1. The Balaban J connectivity index is 1.78. The van der Waals surface area contributed by atoms with Crippen LogP contribution in [0, 0.1) is 11.3 Å². The zero-order valence-electron chi connectivity index (χ0n) is 13.7. The van der Waals surface area contributed by atoms with Crippen molar-refractivity contribution >= 4 is 29.2 Å². The van der Waals surface area contributed by atoms with Crippen LogP contribution in [0.5, 0.6) is 0 Å². The number of carbonyl (C=O) groups excluding carboxylic acids is 2. The van der Waals surface area contributed by atoms with Crippen molar-refractivity contribution in [1.29, 1.82) is 5.26 Å². The first-order valence-corrected chi connectivity index (χ1v) is 8.74. The maximum absolute atomic E-state index is 12.5. The summed E-state index contributed by atoms with van der Waals surface area (Å²) in [7, 11) is 0. The summed E-state index contributed by atoms with van der Waals surface area (Å²) >= 11 is 1.18. The lowest BCUT2D eigenvalue weighted by Gasteiger charge is -2.08. The van der Waals surface area contributed by atoms with Crippen molar-refractivity contribution in [3.63, 3.8) is 0 Å². The molecule has 1 aromatic carbocycles. The molecule has 2 heterocycles. The zero-order chi connectivity index (χ0) is 18.5. The Morgan fingerprint density at radius 3 is 2.73 bits per heavy atom. The van der Waals surface area contributed by atoms with Crippen LogP contribution < -0.4 is 5.73 Å². The molecule has 1 amide bonds. The standard InChI is InChI=1S/C19H15N3O3S/c20-9-15-13(10-22-8-4-3-6-16(15)22)11-25-19(24)14-5-1-2-7-17(14)26-12-18(21)23/h1-8,10H,11-12H2,(H2,21,23). The second-order valence-corrected chi connectivity index (χ2v) is 6.48. The Morgan fingerprint density at radius 2 is 1.96 bits per heavy atom. The highest BCUT2D eigenvalue weighted by molar-refractivity contribution is 8.00. The average Bonchev–Trinajstić information content (AvgIpc) is 3.02. The second kappa shape index (κ2) is 7.76. The first-order chi connectivity index (χ1) is 12.6. The van der Waals surface area contributed by atoms with E-state index in [1.165, 1.54) is 11.8 Å². The van der Waals surface area contributed by atoms with Crippen LogP contribution in [0.15, 0.2) is 59.8 Å². The number of rotatable bonds is 6. The van der Waals surface area contributed by atoms with Gasteiger partial charge in [-0.3, -0.25) is 4.79 Å². The van der Waals surface area contributed by atoms with E-state index < -0.39 is 11.9 Å². The molecule has 0 atom stereocenters. The Hall–Kier alpha value is -3.24. The van der Waals surface area contributed by atoms with Crippen LogP contribution in [-0.4, -0.2) is 22.0 Å². The lowest BCUT2D eigenvalue weighted by molar-refractivity contribution is -0.115. The van der Waals surface area contributed by atoms with Crippen LogP contribution in [0.2, 0.25) is 0 Å². The van der Waals surface area contributed by atoms with E-state index in [9.17, 15) is 14.9 Å². The normalized spacial score (nSPS) is 10.4. The van der Waals surface area contributed by atoms with Gasteiger partial charge in [0, 0.05) is 22.9 Å². The number of pyridine rings is 1. The van der Waals surface area contributed by atoms with Gasteiger partial charge in [-0.2, -0.15) is 5.26 Å². The molecular formula is C19H15N3O3S. The molecule has 0 aliphatic heterocycles. The molecule has 6 nitrogen and oxygen atoms in total. The van der Waals surface area contributed by atoms with Gasteiger partial charge in [0.15, 0.2) is 0 Å². The number of hydrogen-bond donors (Lipinski definition) is 1. The zero-order valence-corrected chi connectivity index (χ0v) is 14.5. The number of amides is 1. The summed E-state index contributed by atoms with van der Waals surface area (Å²) in [5.41, 5.74) is 7.40. The molecule has 2 aromatic heterocycles. The number of hydrogen-bond acceptors (Lipinski definition) is 5. The van der Waals surface area contributed by atoms with Gasteiger partial charge in [-0.1, -0.05) is 18.2 Å². The summed E-state index contributed by atoms with van der Waals surface area (Å²) in [5, 5.41) is 9.40. The van der Waals surface area contributed by atoms with E-state index in [1.54, 1.807) is 30.5 Å². The van der Waals surface area contributed by atoms with Gasteiger partial charge in [0.2, 0.25) is 5.91 Å². The summed E-state index contributed by atoms with van der Waals surface area (Å²) in [6.07, 6.45) is 3.60. The molecule has 0 fully saturated rings. The average molecular weight is 365 g/mol. The maximum atomic E-state index is 12.5. The Morgan fingerprint density at radius 1 is 1.19 bits per heavy atom. The molecule has 0 saturated carbocycles. The van der Waals surface area contributed by atoms with E-state index in [2.05, 4.69) is 6.07 Å². The lowest BCUT2D eigenvalue weighted by atomic mass is 10.2. The molecule has 2 N–H and O–H groups in total. The number of nitriles is 1. The van der Waals surface area contributed by atoms with Crippen LogP contribution in [0.3, 0.4) is 0 Å². The van der Waals surface area contributed by atoms with Crippen molar-refractivity contribution in [3.8, 4) is 6.07 Å². The predicted octanol–water partition coefficient (Wildman–Crippen LogP) is 2.75. The van der Waals surface area contributed by atoms with E-state index in [1.807, 2.05) is 28.8 Å². The van der Waals surface area contributed by atoms with Crippen LogP contribution in [-0.2, 0) is 16.1 Å². The second-order valence-electron chi connectivity index (χ2n) is 5.46. The first kappa shape index (κ1) is 17.6. The van der Waals surface area contributed by atoms with Crippen LogP contribution in [0.4, 0.5) is 0 Å². The van der Waals surface area contributed by atoms with Gasteiger partial charge in [0.1, 0.15) is 12.7 Å². The molecule has 0 unspecified atom stereocenters. The molecule has 0 bridgehead atoms. The Labute approximate surface area is 154 Å². The number of nitrogens with two attached hydrogens (primary N) is 1. The minimum Gasteiger partial charge on any atom is -0.457 e. The van der Waals surface area contributed by atoms with E-state index in [-0.39, 0.29) is 12.4 Å². The van der Waals surface area contributed by atoms with Crippen LogP contribution >= 0.6 is 11.8 Å². The van der Waals surface area contributed by atoms with E-state index in [0.29, 0.717) is 21.6 Å². The fourth-order valence-electron chi connectivity index (χ4n) is 2.55. The predicted molar refractivity (Wildman–Crippen MR) is 97.6 cm³/mol. The van der Waals surface area contributed by atoms with Crippen molar-refractivity contribution in [2.45, 2.75) is 11.5 Å². The smallest absolute Gasteiger partial charge is 0.339 e. The van der Waals surface area contributed by atoms with Crippen molar-refractivity contribution in [2.75, 3.05) is 5.75 Å². The SMILES string of the molecule is N#Cc1c(COC(=O)c2ccccc2SCC(N)=O)cn2ccccc12. The van der Waals surface area contributed by atoms with Gasteiger partial charge in [-0.15, -0.1) is 11.8 Å². The quantitative estimate of drug-likeness (QED) is 0.535. The molecule has 0 saturated heterocycles. The topological polar surface area (TPSA) is 97.6 Å². The molecule has 130 valence electrons. The number of carbonyl (C=O) groups is 2. The molecule has 3 aromatic rings. The highest BCUT2D eigenvalue weighted by atomic mass is 32.2. The molecule has 26 heavy (non-hydrogen) atoms. The molecule has 7 heteroatoms. The number of aromatic nitrogens is 1. The third kappa shape index (κ3) is 3.71. The fourth-order valence-corrected chi connectivity index (χ4v) is 3.33. The highest BCUT2D eigenvalue weighted by Gasteiger charge is 2.16. The van der Waals surface area contributed by atoms with Crippen LogP contribution in [0.25, 0.3) is 5.52 Å². The number of thioether (sulfide) groups is 1. The largest absolute Gasteiger partial charge is 0.457 e. The number of fused-ring (bicyclic) bond motifs is 1. The van der Waals surface area contributed by atoms with Crippen molar-refractivity contribution in [3.05, 3.63) is 71.5 Å². The van der Waals surface area contributed by atoms with Crippen molar-refractivity contribution < 1.29 is 14.3 Å². The summed E-state index contributed by atoms with van der Waals surface area (Å²) in [6.45, 7) is -0.0156. The summed E-state index contributed by atoms with van der Waals surface area (Å²) in [5.74, 6) is -0.901. The molecular weight excluding hydrogens is 350 g/mol. The third-order valence-corrected chi connectivity index (χ3v) is 4.81. The summed E-state index contributed by atoms with van der Waals surface area (Å²) in [4.78, 5) is 24.1. The lowest BCUT2D eigenvalue weighted by Crippen LogP contribution is -2.14. The van der Waals surface area contributed by atoms with Crippen molar-refractivity contribution in [2.24, 2.45) is 5.73 Å². The Kier molecular flexibility index (Phi) is 5.25. The molecule has 0 aliphatic rings. The van der Waals surface area contributed by atoms with Gasteiger partial charge in [0.05, 0.1) is 22.4 Å². The van der Waals surface area contributed by atoms with Crippen molar-refractivity contribution in [1.82, 2.24) is 4.40 Å². The van der Waals surface area contributed by atoms with E-state index in [4.69, 9.17) is 10.5 Å². The number of nitrogens with zero attached hydrogens (tertiary/aromatic N) is 2. The van der Waals surface area contributed by atoms with Gasteiger partial charge in [0.25, 0.3) is 0 Å². The highest BCUT2D eigenvalue weighted by Crippen LogP contribution is 2.24. The van der Waals surface area contributed by atoms with Gasteiger partial charge in [-0.25, -0.2) is 4.79 Å². The summed E-state index contributed by atoms with van der Waals surface area (Å²) < 4.78 is 7.22. The van der Waals surface area contributed by atoms with Gasteiger partial charge in [-0.05, 0) is 24.3 Å². The Bertz CT molecular complexity index is 1020. The van der Waals surface area contributed by atoms with Gasteiger partial charge >= 0.3 is 5.97 Å². The first-order valence-electron chi connectivity index (χ1n) is 7.76. The van der Waals surface area contributed by atoms with E-state index >= 15 is 0 Å². The number of benzene rings is 1. The molecule has 0 aliphatic carbocycles. The minimum atomic E-state index is -0.517. The van der Waals surface area contributed by atoms with Crippen LogP contribution in [0.1, 0.15) is 21.5 Å². The fraction of sp³-hybridized carbons (Fsp3) is 0.105. The maximum Gasteiger partial charge on any atom is 0.339 e. The number of ether oxygens (including phenoxy) is 1. The summed E-state index contributed by atoms with van der Waals surface area (Å²) in [6, 6.07) is 14.6. The third-order valence-electron chi connectivity index (χ3n) is 3.71.